The fraction of sp³-hybridized carbons (Fsp3) is 0.303. The molecule has 1 spiro atoms. The van der Waals surface area contributed by atoms with Crippen LogP contribution in [0, 0.1) is 0 Å². The number of thioether (sulfide) groups is 1. The van der Waals surface area contributed by atoms with Gasteiger partial charge in [0.05, 0.1) is 29.3 Å². The third-order valence-corrected chi connectivity index (χ3v) is 9.25. The summed E-state index contributed by atoms with van der Waals surface area (Å²) in [5, 5.41) is 2.98. The molecule has 1 amide bonds. The van der Waals surface area contributed by atoms with Gasteiger partial charge in [-0.15, -0.1) is 0 Å². The SMILES string of the molecule is COc1cccc(-n2c(S[C@@H](C)C(=O)Nc3ccccc3)nc3c(c2=O)C2(CCCCC2)Cc2ccccc2-3)c1. The van der Waals surface area contributed by atoms with E-state index in [4.69, 9.17) is 9.72 Å². The van der Waals surface area contributed by atoms with Crippen molar-refractivity contribution in [2.45, 2.75) is 61.3 Å². The van der Waals surface area contributed by atoms with Gasteiger partial charge >= 0.3 is 0 Å². The number of amides is 1. The van der Waals surface area contributed by atoms with Gasteiger partial charge in [-0.25, -0.2) is 4.98 Å². The lowest BCUT2D eigenvalue weighted by molar-refractivity contribution is -0.115. The van der Waals surface area contributed by atoms with E-state index in [0.29, 0.717) is 16.6 Å². The lowest BCUT2D eigenvalue weighted by atomic mass is 9.62. The Balaban J connectivity index is 1.52. The highest BCUT2D eigenvalue weighted by molar-refractivity contribution is 8.00. The molecule has 40 heavy (non-hydrogen) atoms. The molecule has 1 aromatic heterocycles. The monoisotopic (exact) mass is 551 g/mol. The molecule has 1 saturated carbocycles. The van der Waals surface area contributed by atoms with Crippen molar-refractivity contribution in [3.63, 3.8) is 0 Å². The third-order valence-electron chi connectivity index (χ3n) is 8.20. The summed E-state index contributed by atoms with van der Waals surface area (Å²) in [7, 11) is 1.62. The Morgan fingerprint density at radius 2 is 1.75 bits per heavy atom. The number of aromatic nitrogens is 2. The zero-order valence-electron chi connectivity index (χ0n) is 22.9. The lowest BCUT2D eigenvalue weighted by Gasteiger charge is -2.42. The standard InChI is InChI=1S/C33H33N3O3S/c1-22(30(37)34-24-13-5-3-6-14-24)40-32-35-29-27-17-8-7-12-23(27)21-33(18-9-4-10-19-33)28(29)31(38)36(32)25-15-11-16-26(20-25)39-2/h3,5-8,11-17,20,22H,4,9-10,18-19,21H2,1-2H3,(H,34,37)/t22-/m0/s1. The van der Waals surface area contributed by atoms with E-state index >= 15 is 0 Å². The summed E-state index contributed by atoms with van der Waals surface area (Å²) in [5.41, 5.74) is 4.99. The highest BCUT2D eigenvalue weighted by Gasteiger charge is 2.43. The average molecular weight is 552 g/mol. The zero-order chi connectivity index (χ0) is 27.7. The Morgan fingerprint density at radius 1 is 1.00 bits per heavy atom. The molecular formula is C33H33N3O3S. The first-order chi connectivity index (χ1) is 19.5. The first-order valence-electron chi connectivity index (χ1n) is 13.9. The van der Waals surface area contributed by atoms with Gasteiger partial charge in [0.1, 0.15) is 5.75 Å². The molecule has 0 radical (unpaired) electrons. The normalized spacial score (nSPS) is 16.1. The molecule has 4 aromatic rings. The number of hydrogen-bond donors (Lipinski definition) is 1. The van der Waals surface area contributed by atoms with Crippen molar-refractivity contribution in [2.24, 2.45) is 0 Å². The fourth-order valence-electron chi connectivity index (χ4n) is 6.22. The van der Waals surface area contributed by atoms with Gasteiger partial charge in [0, 0.05) is 22.7 Å². The highest BCUT2D eigenvalue weighted by Crippen LogP contribution is 2.49. The van der Waals surface area contributed by atoms with Crippen LogP contribution in [0.4, 0.5) is 5.69 Å². The van der Waals surface area contributed by atoms with Gasteiger partial charge in [0.25, 0.3) is 5.56 Å². The van der Waals surface area contributed by atoms with Crippen molar-refractivity contribution < 1.29 is 9.53 Å². The highest BCUT2D eigenvalue weighted by atomic mass is 32.2. The number of rotatable bonds is 6. The minimum atomic E-state index is -0.496. The third kappa shape index (κ3) is 4.83. The van der Waals surface area contributed by atoms with E-state index in [2.05, 4.69) is 23.5 Å². The van der Waals surface area contributed by atoms with E-state index in [0.717, 1.165) is 54.6 Å². The number of para-hydroxylation sites is 1. The van der Waals surface area contributed by atoms with Gasteiger partial charge in [-0.3, -0.25) is 14.2 Å². The second-order valence-electron chi connectivity index (χ2n) is 10.8. The molecular weight excluding hydrogens is 518 g/mol. The van der Waals surface area contributed by atoms with E-state index < -0.39 is 5.25 Å². The van der Waals surface area contributed by atoms with Crippen LogP contribution in [0.5, 0.6) is 5.75 Å². The number of carbonyl (C=O) groups is 1. The van der Waals surface area contributed by atoms with Crippen LogP contribution in [0.1, 0.15) is 50.2 Å². The molecule has 2 aliphatic carbocycles. The van der Waals surface area contributed by atoms with E-state index in [1.165, 1.54) is 23.7 Å². The molecule has 3 aromatic carbocycles. The predicted octanol–water partition coefficient (Wildman–Crippen LogP) is 6.79. The van der Waals surface area contributed by atoms with Crippen LogP contribution in [0.3, 0.4) is 0 Å². The second kappa shape index (κ2) is 11.0. The number of carbonyl (C=O) groups excluding carboxylic acids is 1. The molecule has 2 aliphatic rings. The van der Waals surface area contributed by atoms with Crippen LogP contribution in [-0.2, 0) is 16.6 Å². The zero-order valence-corrected chi connectivity index (χ0v) is 23.7. The lowest BCUT2D eigenvalue weighted by Crippen LogP contribution is -2.43. The molecule has 0 unspecified atom stereocenters. The molecule has 0 bridgehead atoms. The number of nitrogens with zero attached hydrogens (tertiary/aromatic N) is 2. The first kappa shape index (κ1) is 26.4. The smallest absolute Gasteiger partial charge is 0.263 e. The van der Waals surface area contributed by atoms with Crippen LogP contribution in [0.15, 0.2) is 88.8 Å². The van der Waals surface area contributed by atoms with Gasteiger partial charge < -0.3 is 10.1 Å². The summed E-state index contributed by atoms with van der Waals surface area (Å²) < 4.78 is 7.20. The quantitative estimate of drug-likeness (QED) is 0.211. The minimum absolute atomic E-state index is 0.0483. The summed E-state index contributed by atoms with van der Waals surface area (Å²) >= 11 is 1.30. The number of ether oxygens (including phenoxy) is 1. The van der Waals surface area contributed by atoms with Crippen LogP contribution >= 0.6 is 11.8 Å². The summed E-state index contributed by atoms with van der Waals surface area (Å²) in [6.45, 7) is 1.85. The molecule has 204 valence electrons. The number of nitrogens with one attached hydrogen (secondary N) is 1. The van der Waals surface area contributed by atoms with Gasteiger partial charge in [-0.1, -0.05) is 79.6 Å². The number of anilines is 1. The van der Waals surface area contributed by atoms with Gasteiger partial charge in [-0.05, 0) is 56.0 Å². The Bertz CT molecular complexity index is 1610. The van der Waals surface area contributed by atoms with Gasteiger partial charge in [0.15, 0.2) is 5.16 Å². The molecule has 6 nitrogen and oxygen atoms in total. The fourth-order valence-corrected chi connectivity index (χ4v) is 7.14. The molecule has 1 atom stereocenters. The molecule has 1 fully saturated rings. The van der Waals surface area contributed by atoms with E-state index in [-0.39, 0.29) is 16.9 Å². The summed E-state index contributed by atoms with van der Waals surface area (Å²) in [6, 6.07) is 25.2. The summed E-state index contributed by atoms with van der Waals surface area (Å²) in [5.74, 6) is 0.509. The Kier molecular flexibility index (Phi) is 7.24. The van der Waals surface area contributed by atoms with E-state index in [9.17, 15) is 9.59 Å². The second-order valence-corrected chi connectivity index (χ2v) is 12.1. The van der Waals surface area contributed by atoms with Crippen molar-refractivity contribution in [3.05, 3.63) is 100 Å². The van der Waals surface area contributed by atoms with Crippen LogP contribution in [0.25, 0.3) is 16.9 Å². The van der Waals surface area contributed by atoms with E-state index in [1.807, 2.05) is 67.6 Å². The van der Waals surface area contributed by atoms with Crippen molar-refractivity contribution in [1.29, 1.82) is 0 Å². The topological polar surface area (TPSA) is 73.2 Å². The Hall–Kier alpha value is -3.84. The van der Waals surface area contributed by atoms with Crippen LogP contribution in [0.2, 0.25) is 0 Å². The van der Waals surface area contributed by atoms with Crippen molar-refractivity contribution in [2.75, 3.05) is 12.4 Å². The minimum Gasteiger partial charge on any atom is -0.497 e. The molecule has 6 rings (SSSR count). The van der Waals surface area contributed by atoms with Crippen LogP contribution in [-0.4, -0.2) is 27.8 Å². The Morgan fingerprint density at radius 3 is 2.52 bits per heavy atom. The number of fused-ring (bicyclic) bond motifs is 4. The maximum absolute atomic E-state index is 14.7. The van der Waals surface area contributed by atoms with Gasteiger partial charge in [0.2, 0.25) is 5.91 Å². The first-order valence-corrected chi connectivity index (χ1v) is 14.8. The van der Waals surface area contributed by atoms with Crippen LogP contribution < -0.4 is 15.6 Å². The predicted molar refractivity (Wildman–Crippen MR) is 161 cm³/mol. The number of hydrogen-bond acceptors (Lipinski definition) is 5. The molecule has 1 heterocycles. The largest absolute Gasteiger partial charge is 0.497 e. The molecule has 7 heteroatoms. The van der Waals surface area contributed by atoms with Crippen molar-refractivity contribution in [3.8, 4) is 22.7 Å². The molecule has 0 saturated heterocycles. The summed E-state index contributed by atoms with van der Waals surface area (Å²) in [4.78, 5) is 33.2. The average Bonchev–Trinajstić information content (AvgIpc) is 2.98. The molecule has 1 N–H and O–H groups in total. The number of methoxy groups -OCH3 is 1. The number of benzene rings is 3. The van der Waals surface area contributed by atoms with Gasteiger partial charge in [-0.2, -0.15) is 0 Å². The van der Waals surface area contributed by atoms with E-state index in [1.54, 1.807) is 11.7 Å². The maximum Gasteiger partial charge on any atom is 0.263 e. The van der Waals surface area contributed by atoms with Crippen molar-refractivity contribution in [1.82, 2.24) is 9.55 Å². The Labute approximate surface area is 238 Å². The van der Waals surface area contributed by atoms with Crippen molar-refractivity contribution >= 4 is 23.4 Å². The summed E-state index contributed by atoms with van der Waals surface area (Å²) in [6.07, 6.45) is 6.21. The molecule has 0 aliphatic heterocycles. The maximum atomic E-state index is 14.7.